The molecule has 2 fully saturated rings. The van der Waals surface area contributed by atoms with Gasteiger partial charge in [0.25, 0.3) is 0 Å². The van der Waals surface area contributed by atoms with E-state index in [0.29, 0.717) is 18.2 Å². The van der Waals surface area contributed by atoms with Crippen LogP contribution in [0.1, 0.15) is 70.5 Å². The summed E-state index contributed by atoms with van der Waals surface area (Å²) in [6, 6.07) is 2.09. The predicted molar refractivity (Wildman–Crippen MR) is 140 cm³/mol. The lowest BCUT2D eigenvalue weighted by Crippen LogP contribution is -2.42. The number of aliphatic hydroxyl groups excluding tert-OH is 1. The number of pyridine rings is 1. The molecule has 2 aromatic heterocycles. The first-order valence-electron chi connectivity index (χ1n) is 12.6. The smallest absolute Gasteiger partial charge is 0.410 e. The summed E-state index contributed by atoms with van der Waals surface area (Å²) in [5.41, 5.74) is 2.11. The van der Waals surface area contributed by atoms with Crippen LogP contribution in [0.15, 0.2) is 24.7 Å². The number of hydrogen-bond acceptors (Lipinski definition) is 6. The Balaban J connectivity index is 1.41. The van der Waals surface area contributed by atoms with Crippen LogP contribution < -0.4 is 4.90 Å². The largest absolute Gasteiger partial charge is 0.444 e. The van der Waals surface area contributed by atoms with E-state index in [0.717, 1.165) is 55.6 Å². The molecule has 9 heteroatoms. The van der Waals surface area contributed by atoms with Gasteiger partial charge < -0.3 is 19.6 Å². The van der Waals surface area contributed by atoms with E-state index in [1.165, 1.54) is 0 Å². The molecule has 194 valence electrons. The van der Waals surface area contributed by atoms with Crippen molar-refractivity contribution in [3.63, 3.8) is 0 Å². The van der Waals surface area contributed by atoms with Gasteiger partial charge in [0.1, 0.15) is 10.8 Å². The minimum Gasteiger partial charge on any atom is -0.444 e. The van der Waals surface area contributed by atoms with E-state index >= 15 is 0 Å². The molecular formula is C27H36ClN5O3. The van der Waals surface area contributed by atoms with Crippen molar-refractivity contribution in [3.8, 4) is 11.8 Å². The van der Waals surface area contributed by atoms with Crippen molar-refractivity contribution in [1.82, 2.24) is 19.7 Å². The molecule has 2 saturated heterocycles. The molecular weight excluding hydrogens is 478 g/mol. The van der Waals surface area contributed by atoms with Gasteiger partial charge in [0.05, 0.1) is 29.1 Å². The SMILES string of the molecule is CC1(CO)CCN(c2cc(Cl)ncc2C#Cc2cnn(C3CCN(C(=O)OC(C)(C)C)CC3)c2)CC1. The lowest BCUT2D eigenvalue weighted by atomic mass is 9.81. The van der Waals surface area contributed by atoms with Gasteiger partial charge in [-0.1, -0.05) is 30.4 Å². The number of piperidine rings is 2. The first-order chi connectivity index (χ1) is 17.0. The number of aliphatic hydroxyl groups is 1. The number of aromatic nitrogens is 3. The molecule has 0 saturated carbocycles. The van der Waals surface area contributed by atoms with Crippen LogP contribution in [0.4, 0.5) is 10.5 Å². The highest BCUT2D eigenvalue weighted by molar-refractivity contribution is 6.29. The third-order valence-electron chi connectivity index (χ3n) is 6.98. The topological polar surface area (TPSA) is 83.7 Å². The number of nitrogens with zero attached hydrogens (tertiary/aromatic N) is 5. The van der Waals surface area contributed by atoms with Crippen molar-refractivity contribution >= 4 is 23.4 Å². The first-order valence-corrected chi connectivity index (χ1v) is 13.0. The average Bonchev–Trinajstić information content (AvgIpc) is 3.32. The highest BCUT2D eigenvalue weighted by atomic mass is 35.5. The fourth-order valence-corrected chi connectivity index (χ4v) is 4.76. The molecule has 0 unspecified atom stereocenters. The van der Waals surface area contributed by atoms with Crippen LogP contribution in [-0.2, 0) is 4.74 Å². The van der Waals surface area contributed by atoms with E-state index in [1.54, 1.807) is 17.3 Å². The Morgan fingerprint density at radius 3 is 2.53 bits per heavy atom. The van der Waals surface area contributed by atoms with Gasteiger partial charge in [-0.2, -0.15) is 5.10 Å². The average molecular weight is 514 g/mol. The zero-order valence-corrected chi connectivity index (χ0v) is 22.4. The quantitative estimate of drug-likeness (QED) is 0.480. The van der Waals surface area contributed by atoms with Crippen LogP contribution in [0.3, 0.4) is 0 Å². The molecule has 4 heterocycles. The minimum atomic E-state index is -0.489. The Bertz CT molecular complexity index is 1130. The molecule has 0 spiro atoms. The number of amides is 1. The number of ether oxygens (including phenoxy) is 1. The van der Waals surface area contributed by atoms with E-state index < -0.39 is 5.60 Å². The van der Waals surface area contributed by atoms with Gasteiger partial charge in [0.15, 0.2) is 0 Å². The van der Waals surface area contributed by atoms with Crippen molar-refractivity contribution in [3.05, 3.63) is 40.9 Å². The molecule has 2 aliphatic rings. The summed E-state index contributed by atoms with van der Waals surface area (Å²) in [6.45, 7) is 10.9. The number of likely N-dealkylation sites (tertiary alicyclic amines) is 1. The van der Waals surface area contributed by atoms with E-state index in [4.69, 9.17) is 16.3 Å². The maximum absolute atomic E-state index is 12.3. The summed E-state index contributed by atoms with van der Waals surface area (Å²) in [4.78, 5) is 20.6. The third-order valence-corrected chi connectivity index (χ3v) is 7.18. The molecule has 4 rings (SSSR count). The van der Waals surface area contributed by atoms with E-state index in [2.05, 4.69) is 33.7 Å². The van der Waals surface area contributed by atoms with Gasteiger partial charge in [-0.15, -0.1) is 0 Å². The number of carbonyl (C=O) groups excluding carboxylic acids is 1. The standard InChI is InChI=1S/C27H36ClN5O3/c1-26(2,3)36-25(35)32-11-7-22(8-12-32)33-18-20(16-30-33)5-6-21-17-29-24(28)15-23(21)31-13-9-27(4,19-34)10-14-31/h15-18,22,34H,7-14,19H2,1-4H3. The van der Waals surface area contributed by atoms with Gasteiger partial charge in [-0.05, 0) is 51.9 Å². The van der Waals surface area contributed by atoms with Crippen molar-refractivity contribution < 1.29 is 14.6 Å². The number of halogens is 1. The highest BCUT2D eigenvalue weighted by Gasteiger charge is 2.30. The molecule has 36 heavy (non-hydrogen) atoms. The zero-order chi connectivity index (χ0) is 25.9. The van der Waals surface area contributed by atoms with Crippen LogP contribution in [-0.4, -0.2) is 69.3 Å². The monoisotopic (exact) mass is 513 g/mol. The number of anilines is 1. The molecule has 0 aromatic carbocycles. The Kier molecular flexibility index (Phi) is 7.82. The molecule has 2 aromatic rings. The first kappa shape index (κ1) is 26.3. The summed E-state index contributed by atoms with van der Waals surface area (Å²) in [7, 11) is 0. The van der Waals surface area contributed by atoms with Crippen LogP contribution in [0.2, 0.25) is 5.15 Å². The Labute approximate surface area is 218 Å². The van der Waals surface area contributed by atoms with Crippen molar-refractivity contribution in [2.75, 3.05) is 37.7 Å². The molecule has 0 aliphatic carbocycles. The van der Waals surface area contributed by atoms with Gasteiger partial charge >= 0.3 is 6.09 Å². The van der Waals surface area contributed by atoms with Crippen molar-refractivity contribution in [2.45, 2.75) is 65.0 Å². The second-order valence-electron chi connectivity index (χ2n) is 11.1. The molecule has 2 aliphatic heterocycles. The third kappa shape index (κ3) is 6.51. The summed E-state index contributed by atoms with van der Waals surface area (Å²) in [5.74, 6) is 6.50. The number of carbonyl (C=O) groups is 1. The summed E-state index contributed by atoms with van der Waals surface area (Å²) < 4.78 is 7.45. The van der Waals surface area contributed by atoms with E-state index in [-0.39, 0.29) is 24.2 Å². The summed E-state index contributed by atoms with van der Waals surface area (Å²) in [5, 5.41) is 14.7. The van der Waals surface area contributed by atoms with Gasteiger partial charge in [0.2, 0.25) is 0 Å². The summed E-state index contributed by atoms with van der Waals surface area (Å²) >= 11 is 6.22. The predicted octanol–water partition coefficient (Wildman–Crippen LogP) is 4.50. The highest BCUT2D eigenvalue weighted by Crippen LogP contribution is 2.34. The maximum Gasteiger partial charge on any atom is 0.410 e. The van der Waals surface area contributed by atoms with E-state index in [1.807, 2.05) is 37.7 Å². The zero-order valence-electron chi connectivity index (χ0n) is 21.6. The minimum absolute atomic E-state index is 0.0310. The lowest BCUT2D eigenvalue weighted by molar-refractivity contribution is 0.0185. The van der Waals surface area contributed by atoms with Gasteiger partial charge in [-0.25, -0.2) is 9.78 Å². The second-order valence-corrected chi connectivity index (χ2v) is 11.5. The molecule has 1 amide bonds. The van der Waals surface area contributed by atoms with Crippen molar-refractivity contribution in [2.24, 2.45) is 5.41 Å². The lowest BCUT2D eigenvalue weighted by Gasteiger charge is -2.39. The maximum atomic E-state index is 12.3. The molecule has 8 nitrogen and oxygen atoms in total. The van der Waals surface area contributed by atoms with E-state index in [9.17, 15) is 9.90 Å². The molecule has 0 atom stereocenters. The molecule has 0 bridgehead atoms. The number of rotatable bonds is 3. The van der Waals surface area contributed by atoms with Crippen LogP contribution in [0.5, 0.6) is 0 Å². The van der Waals surface area contributed by atoms with Crippen LogP contribution in [0.25, 0.3) is 0 Å². The Hall–Kier alpha value is -2.76. The van der Waals surface area contributed by atoms with Crippen LogP contribution >= 0.6 is 11.6 Å². The normalized spacial score (nSPS) is 18.5. The Morgan fingerprint density at radius 2 is 1.89 bits per heavy atom. The van der Waals surface area contributed by atoms with Gasteiger partial charge in [0, 0.05) is 51.2 Å². The number of hydrogen-bond donors (Lipinski definition) is 1. The van der Waals surface area contributed by atoms with Crippen molar-refractivity contribution in [1.29, 1.82) is 0 Å². The van der Waals surface area contributed by atoms with Crippen LogP contribution in [0, 0.1) is 17.3 Å². The summed E-state index contributed by atoms with van der Waals surface area (Å²) in [6.07, 6.45) is 8.69. The van der Waals surface area contributed by atoms with Gasteiger partial charge in [-0.3, -0.25) is 4.68 Å². The second kappa shape index (κ2) is 10.7. The molecule has 1 N–H and O–H groups in total. The molecule has 0 radical (unpaired) electrons. The fourth-order valence-electron chi connectivity index (χ4n) is 4.60. The fraction of sp³-hybridized carbons (Fsp3) is 0.593. The Morgan fingerprint density at radius 1 is 1.19 bits per heavy atom.